The lowest BCUT2D eigenvalue weighted by molar-refractivity contribution is 0.0690. The zero-order valence-corrected chi connectivity index (χ0v) is 17.2. The second-order valence-electron chi connectivity index (χ2n) is 7.52. The fourth-order valence-electron chi connectivity index (χ4n) is 3.57. The van der Waals surface area contributed by atoms with E-state index in [1.807, 2.05) is 54.3 Å². The van der Waals surface area contributed by atoms with E-state index in [0.717, 1.165) is 50.3 Å². The molecular weight excluding hydrogens is 364 g/mol. The van der Waals surface area contributed by atoms with Crippen molar-refractivity contribution < 1.29 is 9.59 Å². The van der Waals surface area contributed by atoms with Crippen LogP contribution in [0.1, 0.15) is 35.7 Å². The first-order valence-electron chi connectivity index (χ1n) is 10.3. The molecule has 3 amide bonds. The number of rotatable bonds is 6. The molecular formula is C23H30N4O2. The van der Waals surface area contributed by atoms with Crippen LogP contribution >= 0.6 is 0 Å². The van der Waals surface area contributed by atoms with Crippen LogP contribution in [-0.4, -0.2) is 43.0 Å². The number of likely N-dealkylation sites (tertiary alicyclic amines) is 1. The summed E-state index contributed by atoms with van der Waals surface area (Å²) in [4.78, 5) is 27.2. The number of nitrogens with one attached hydrogen (secondary N) is 3. The highest BCUT2D eigenvalue weighted by molar-refractivity contribution is 6.02. The van der Waals surface area contributed by atoms with E-state index >= 15 is 0 Å². The van der Waals surface area contributed by atoms with Crippen LogP contribution < -0.4 is 16.0 Å². The summed E-state index contributed by atoms with van der Waals surface area (Å²) in [5, 5.41) is 9.05. The number of aryl methyl sites for hydroxylation is 1. The van der Waals surface area contributed by atoms with Gasteiger partial charge < -0.3 is 20.9 Å². The molecule has 3 rings (SSSR count). The van der Waals surface area contributed by atoms with E-state index in [-0.39, 0.29) is 11.9 Å². The van der Waals surface area contributed by atoms with Crippen molar-refractivity contribution in [2.75, 3.05) is 36.8 Å². The molecule has 1 saturated heterocycles. The van der Waals surface area contributed by atoms with E-state index in [1.54, 1.807) is 6.07 Å². The number of urea groups is 1. The SMILES string of the molecule is CCNCC1CCN(C(=O)c2ccc(C)c(NC(=O)Nc3ccccc3)c2)CC1. The summed E-state index contributed by atoms with van der Waals surface area (Å²) in [6, 6.07) is 14.4. The summed E-state index contributed by atoms with van der Waals surface area (Å²) in [7, 11) is 0. The van der Waals surface area contributed by atoms with Crippen molar-refractivity contribution in [1.29, 1.82) is 0 Å². The van der Waals surface area contributed by atoms with Gasteiger partial charge >= 0.3 is 6.03 Å². The number of anilines is 2. The van der Waals surface area contributed by atoms with Crippen molar-refractivity contribution in [3.63, 3.8) is 0 Å². The van der Waals surface area contributed by atoms with Gasteiger partial charge in [0, 0.05) is 30.0 Å². The molecule has 154 valence electrons. The molecule has 3 N–H and O–H groups in total. The minimum Gasteiger partial charge on any atom is -0.339 e. The maximum atomic E-state index is 12.9. The van der Waals surface area contributed by atoms with Crippen LogP contribution in [0, 0.1) is 12.8 Å². The van der Waals surface area contributed by atoms with Gasteiger partial charge in [-0.15, -0.1) is 0 Å². The highest BCUT2D eigenvalue weighted by atomic mass is 16.2. The lowest BCUT2D eigenvalue weighted by Crippen LogP contribution is -2.40. The Morgan fingerprint density at radius 1 is 1.03 bits per heavy atom. The molecule has 0 aliphatic carbocycles. The molecule has 1 aliphatic heterocycles. The van der Waals surface area contributed by atoms with Crippen molar-refractivity contribution in [1.82, 2.24) is 10.2 Å². The van der Waals surface area contributed by atoms with Gasteiger partial charge in [-0.05, 0) is 68.6 Å². The predicted octanol–water partition coefficient (Wildman–Crippen LogP) is 4.10. The number of para-hydroxylation sites is 1. The Labute approximate surface area is 172 Å². The van der Waals surface area contributed by atoms with Gasteiger partial charge in [0.2, 0.25) is 0 Å². The molecule has 0 radical (unpaired) electrons. The maximum absolute atomic E-state index is 12.9. The van der Waals surface area contributed by atoms with Crippen LogP contribution in [0.3, 0.4) is 0 Å². The van der Waals surface area contributed by atoms with Crippen LogP contribution in [0.15, 0.2) is 48.5 Å². The molecule has 2 aromatic rings. The van der Waals surface area contributed by atoms with Crippen molar-refractivity contribution in [2.24, 2.45) is 5.92 Å². The molecule has 6 heteroatoms. The first kappa shape index (κ1) is 20.9. The first-order valence-corrected chi connectivity index (χ1v) is 10.3. The number of nitrogens with zero attached hydrogens (tertiary/aromatic N) is 1. The van der Waals surface area contributed by atoms with Crippen molar-refractivity contribution >= 4 is 23.3 Å². The van der Waals surface area contributed by atoms with E-state index in [2.05, 4.69) is 22.9 Å². The minimum atomic E-state index is -0.326. The number of amides is 3. The molecule has 0 aromatic heterocycles. The third-order valence-corrected chi connectivity index (χ3v) is 5.35. The van der Waals surface area contributed by atoms with Crippen LogP contribution in [0.2, 0.25) is 0 Å². The number of hydrogen-bond donors (Lipinski definition) is 3. The van der Waals surface area contributed by atoms with Gasteiger partial charge in [0.15, 0.2) is 0 Å². The molecule has 29 heavy (non-hydrogen) atoms. The van der Waals surface area contributed by atoms with Gasteiger partial charge in [0.1, 0.15) is 0 Å². The zero-order chi connectivity index (χ0) is 20.6. The fourth-order valence-corrected chi connectivity index (χ4v) is 3.57. The average molecular weight is 395 g/mol. The largest absolute Gasteiger partial charge is 0.339 e. The Kier molecular flexibility index (Phi) is 7.25. The Bertz CT molecular complexity index is 830. The van der Waals surface area contributed by atoms with Crippen LogP contribution in [0.4, 0.5) is 16.2 Å². The Hall–Kier alpha value is -2.86. The lowest BCUT2D eigenvalue weighted by Gasteiger charge is -2.32. The molecule has 0 bridgehead atoms. The van der Waals surface area contributed by atoms with Crippen LogP contribution in [0.25, 0.3) is 0 Å². The molecule has 1 fully saturated rings. The number of hydrogen-bond acceptors (Lipinski definition) is 3. The summed E-state index contributed by atoms with van der Waals surface area (Å²) < 4.78 is 0. The fraction of sp³-hybridized carbons (Fsp3) is 0.391. The van der Waals surface area contributed by atoms with E-state index < -0.39 is 0 Å². The van der Waals surface area contributed by atoms with E-state index in [1.165, 1.54) is 0 Å². The number of carbonyl (C=O) groups is 2. The maximum Gasteiger partial charge on any atom is 0.323 e. The molecule has 1 heterocycles. The topological polar surface area (TPSA) is 73.5 Å². The summed E-state index contributed by atoms with van der Waals surface area (Å²) >= 11 is 0. The molecule has 0 saturated carbocycles. The highest BCUT2D eigenvalue weighted by Crippen LogP contribution is 2.22. The third kappa shape index (κ3) is 5.81. The third-order valence-electron chi connectivity index (χ3n) is 5.35. The van der Waals surface area contributed by atoms with Crippen molar-refractivity contribution in [3.8, 4) is 0 Å². The van der Waals surface area contributed by atoms with Crippen molar-refractivity contribution in [3.05, 3.63) is 59.7 Å². The smallest absolute Gasteiger partial charge is 0.323 e. The number of benzene rings is 2. The average Bonchev–Trinajstić information content (AvgIpc) is 2.74. The monoisotopic (exact) mass is 394 g/mol. The normalized spacial score (nSPS) is 14.5. The molecule has 0 atom stereocenters. The zero-order valence-electron chi connectivity index (χ0n) is 17.2. The number of piperidine rings is 1. The van der Waals surface area contributed by atoms with Crippen LogP contribution in [-0.2, 0) is 0 Å². The molecule has 6 nitrogen and oxygen atoms in total. The highest BCUT2D eigenvalue weighted by Gasteiger charge is 2.23. The Morgan fingerprint density at radius 2 is 1.76 bits per heavy atom. The molecule has 0 spiro atoms. The minimum absolute atomic E-state index is 0.0263. The number of carbonyl (C=O) groups excluding carboxylic acids is 2. The van der Waals surface area contributed by atoms with Gasteiger partial charge in [0.05, 0.1) is 0 Å². The first-order chi connectivity index (χ1) is 14.1. The summed E-state index contributed by atoms with van der Waals surface area (Å²) in [6.07, 6.45) is 2.05. The summed E-state index contributed by atoms with van der Waals surface area (Å²) in [6.45, 7) is 7.59. The van der Waals surface area contributed by atoms with Crippen molar-refractivity contribution in [2.45, 2.75) is 26.7 Å². The predicted molar refractivity (Wildman–Crippen MR) is 117 cm³/mol. The van der Waals surface area contributed by atoms with Gasteiger partial charge in [-0.2, -0.15) is 0 Å². The molecule has 1 aliphatic rings. The van der Waals surface area contributed by atoms with E-state index in [0.29, 0.717) is 17.2 Å². The second kappa shape index (κ2) is 10.1. The lowest BCUT2D eigenvalue weighted by atomic mass is 9.96. The van der Waals surface area contributed by atoms with Gasteiger partial charge in [-0.1, -0.05) is 31.2 Å². The summed E-state index contributed by atoms with van der Waals surface area (Å²) in [5.41, 5.74) is 2.88. The molecule has 2 aromatic carbocycles. The van der Waals surface area contributed by atoms with Gasteiger partial charge in [0.25, 0.3) is 5.91 Å². The Balaban J connectivity index is 1.61. The second-order valence-corrected chi connectivity index (χ2v) is 7.52. The van der Waals surface area contributed by atoms with Gasteiger partial charge in [-0.3, -0.25) is 4.79 Å². The standard InChI is InChI=1S/C23H30N4O2/c1-3-24-16-18-11-13-27(14-12-18)22(28)19-10-9-17(2)21(15-19)26-23(29)25-20-7-5-4-6-8-20/h4-10,15,18,24H,3,11-14,16H2,1-2H3,(H2,25,26,29). The summed E-state index contributed by atoms with van der Waals surface area (Å²) in [5.74, 6) is 0.661. The molecule has 0 unspecified atom stereocenters. The Morgan fingerprint density at radius 3 is 2.45 bits per heavy atom. The van der Waals surface area contributed by atoms with E-state index in [9.17, 15) is 9.59 Å². The van der Waals surface area contributed by atoms with Gasteiger partial charge in [-0.25, -0.2) is 4.79 Å². The van der Waals surface area contributed by atoms with Crippen LogP contribution in [0.5, 0.6) is 0 Å². The quantitative estimate of drug-likeness (QED) is 0.691. The van der Waals surface area contributed by atoms with E-state index in [4.69, 9.17) is 0 Å².